The van der Waals surface area contributed by atoms with Gasteiger partial charge in [-0.25, -0.2) is 15.0 Å². The minimum atomic E-state index is -2.75. The molecule has 10 heteroatoms. The van der Waals surface area contributed by atoms with Crippen LogP contribution in [-0.2, 0) is 5.88 Å². The van der Waals surface area contributed by atoms with E-state index >= 15 is 0 Å². The summed E-state index contributed by atoms with van der Waals surface area (Å²) in [6, 6.07) is 11.3. The molecular formula is C25H26ClF2N7. The number of nitrogens with zero attached hydrogens (tertiary/aromatic N) is 6. The van der Waals surface area contributed by atoms with Crippen molar-refractivity contribution in [2.75, 3.05) is 5.73 Å². The molecular weight excluding hydrogens is 472 g/mol. The van der Waals surface area contributed by atoms with Crippen molar-refractivity contribution in [3.63, 3.8) is 0 Å². The van der Waals surface area contributed by atoms with Gasteiger partial charge in [0.15, 0.2) is 5.82 Å². The van der Waals surface area contributed by atoms with Gasteiger partial charge in [0, 0.05) is 17.8 Å². The molecule has 2 N–H and O–H groups in total. The summed E-state index contributed by atoms with van der Waals surface area (Å²) >= 11 is 5.93. The van der Waals surface area contributed by atoms with Crippen LogP contribution in [0.2, 0.25) is 0 Å². The van der Waals surface area contributed by atoms with E-state index in [0.29, 0.717) is 44.0 Å². The van der Waals surface area contributed by atoms with E-state index in [0.717, 1.165) is 17.6 Å². The van der Waals surface area contributed by atoms with E-state index in [-0.39, 0.29) is 5.82 Å². The number of alkyl halides is 3. The van der Waals surface area contributed by atoms with E-state index in [1.54, 1.807) is 31.3 Å². The number of rotatable bonds is 6. The fraction of sp³-hybridized carbons (Fsp3) is 0.200. The average Bonchev–Trinajstić information content (AvgIpc) is 3.50. The van der Waals surface area contributed by atoms with Crippen LogP contribution in [0.1, 0.15) is 38.7 Å². The SMILES string of the molecule is C=c1/c(=C\C=C(/C)c2ncn(C(F)F)n2)nc(-c2cccnc2N)n1-c1ccc(CCl)cc1.CC. The van der Waals surface area contributed by atoms with Gasteiger partial charge in [-0.3, -0.25) is 4.57 Å². The van der Waals surface area contributed by atoms with Gasteiger partial charge in [0.05, 0.1) is 16.3 Å². The quantitative estimate of drug-likeness (QED) is 0.394. The molecule has 1 aromatic carbocycles. The fourth-order valence-corrected chi connectivity index (χ4v) is 3.41. The number of anilines is 1. The molecule has 4 aromatic rings. The van der Waals surface area contributed by atoms with Gasteiger partial charge in [-0.1, -0.05) is 38.6 Å². The van der Waals surface area contributed by atoms with Crippen LogP contribution < -0.4 is 16.4 Å². The summed E-state index contributed by atoms with van der Waals surface area (Å²) in [7, 11) is 0. The lowest BCUT2D eigenvalue weighted by molar-refractivity contribution is 0.0561. The third kappa shape index (κ3) is 5.63. The van der Waals surface area contributed by atoms with Crippen LogP contribution in [0.4, 0.5) is 14.6 Å². The predicted octanol–water partition coefficient (Wildman–Crippen LogP) is 4.56. The third-order valence-corrected chi connectivity index (χ3v) is 5.29. The Morgan fingerprint density at radius 1 is 1.17 bits per heavy atom. The van der Waals surface area contributed by atoms with Gasteiger partial charge in [-0.15, -0.1) is 16.7 Å². The Hall–Kier alpha value is -3.85. The minimum absolute atomic E-state index is 0.199. The van der Waals surface area contributed by atoms with Gasteiger partial charge in [-0.2, -0.15) is 13.5 Å². The van der Waals surface area contributed by atoms with Crippen molar-refractivity contribution in [3.8, 4) is 17.1 Å². The summed E-state index contributed by atoms with van der Waals surface area (Å²) in [5, 5.41) is 4.97. The van der Waals surface area contributed by atoms with Crippen LogP contribution in [0.15, 0.2) is 55.0 Å². The summed E-state index contributed by atoms with van der Waals surface area (Å²) < 4.78 is 28.0. The van der Waals surface area contributed by atoms with E-state index < -0.39 is 6.55 Å². The molecule has 0 bridgehead atoms. The number of allylic oxidation sites excluding steroid dienone is 2. The average molecular weight is 498 g/mol. The summed E-state index contributed by atoms with van der Waals surface area (Å²) in [5.74, 6) is 1.51. The van der Waals surface area contributed by atoms with Crippen molar-refractivity contribution >= 4 is 35.6 Å². The van der Waals surface area contributed by atoms with Crippen molar-refractivity contribution in [1.29, 1.82) is 0 Å². The van der Waals surface area contributed by atoms with Crippen LogP contribution in [0.3, 0.4) is 0 Å². The first-order valence-electron chi connectivity index (χ1n) is 10.9. The number of hydrogen-bond acceptors (Lipinski definition) is 5. The Balaban J connectivity index is 0.00000167. The monoisotopic (exact) mass is 497 g/mol. The van der Waals surface area contributed by atoms with Gasteiger partial charge >= 0.3 is 6.55 Å². The Bertz CT molecular complexity index is 1420. The lowest BCUT2D eigenvalue weighted by Gasteiger charge is -2.10. The third-order valence-electron chi connectivity index (χ3n) is 4.98. The molecule has 0 amide bonds. The zero-order valence-corrected chi connectivity index (χ0v) is 20.4. The van der Waals surface area contributed by atoms with Crippen molar-refractivity contribution in [2.45, 2.75) is 33.2 Å². The van der Waals surface area contributed by atoms with Crippen LogP contribution in [-0.4, -0.2) is 29.3 Å². The molecule has 0 atom stereocenters. The summed E-state index contributed by atoms with van der Waals surface area (Å²) in [6.45, 7) is 7.19. The Kier molecular flexibility index (Phi) is 8.48. The van der Waals surface area contributed by atoms with Gasteiger partial charge in [0.25, 0.3) is 0 Å². The molecule has 0 radical (unpaired) electrons. The molecule has 35 heavy (non-hydrogen) atoms. The largest absolute Gasteiger partial charge is 0.383 e. The first-order chi connectivity index (χ1) is 16.9. The molecule has 0 spiro atoms. The Morgan fingerprint density at radius 2 is 1.89 bits per heavy atom. The number of hydrogen-bond donors (Lipinski definition) is 1. The van der Waals surface area contributed by atoms with Crippen LogP contribution in [0.5, 0.6) is 0 Å². The number of imidazole rings is 1. The maximum absolute atomic E-state index is 12.8. The molecule has 0 unspecified atom stereocenters. The Morgan fingerprint density at radius 3 is 2.49 bits per heavy atom. The second-order valence-corrected chi connectivity index (χ2v) is 7.45. The highest BCUT2D eigenvalue weighted by atomic mass is 35.5. The van der Waals surface area contributed by atoms with Crippen LogP contribution in [0, 0.1) is 0 Å². The first kappa shape index (κ1) is 25.8. The van der Waals surface area contributed by atoms with Gasteiger partial charge < -0.3 is 5.73 Å². The molecule has 0 fully saturated rings. The van der Waals surface area contributed by atoms with E-state index in [2.05, 4.69) is 21.6 Å². The highest BCUT2D eigenvalue weighted by Gasteiger charge is 2.14. The molecule has 0 aliphatic heterocycles. The molecule has 0 aliphatic rings. The number of nitrogen functional groups attached to an aromatic ring is 1. The maximum atomic E-state index is 12.8. The van der Waals surface area contributed by atoms with E-state index in [1.807, 2.05) is 48.7 Å². The topological polar surface area (TPSA) is 87.4 Å². The van der Waals surface area contributed by atoms with Crippen molar-refractivity contribution in [2.24, 2.45) is 0 Å². The highest BCUT2D eigenvalue weighted by Crippen LogP contribution is 2.23. The lowest BCUT2D eigenvalue weighted by Crippen LogP contribution is -2.27. The highest BCUT2D eigenvalue weighted by molar-refractivity contribution is 6.17. The van der Waals surface area contributed by atoms with Gasteiger partial charge in [0.2, 0.25) is 0 Å². The minimum Gasteiger partial charge on any atom is -0.383 e. The summed E-state index contributed by atoms with van der Waals surface area (Å²) in [6.07, 6.45) is 6.05. The number of pyridine rings is 1. The Labute approximate surface area is 206 Å². The van der Waals surface area contributed by atoms with Crippen LogP contribution >= 0.6 is 11.6 Å². The maximum Gasteiger partial charge on any atom is 0.334 e. The normalized spacial score (nSPS) is 12.1. The molecule has 3 aromatic heterocycles. The second kappa shape index (κ2) is 11.5. The molecule has 0 saturated carbocycles. The van der Waals surface area contributed by atoms with Crippen molar-refractivity contribution in [1.82, 2.24) is 29.3 Å². The van der Waals surface area contributed by atoms with E-state index in [4.69, 9.17) is 22.3 Å². The molecule has 0 aliphatic carbocycles. The summed E-state index contributed by atoms with van der Waals surface area (Å²) in [4.78, 5) is 12.8. The second-order valence-electron chi connectivity index (χ2n) is 7.18. The lowest BCUT2D eigenvalue weighted by atomic mass is 10.2. The molecule has 7 nitrogen and oxygen atoms in total. The zero-order chi connectivity index (χ0) is 25.5. The number of aromatic nitrogens is 6. The fourth-order valence-electron chi connectivity index (χ4n) is 3.23. The van der Waals surface area contributed by atoms with E-state index in [9.17, 15) is 8.78 Å². The van der Waals surface area contributed by atoms with Gasteiger partial charge in [0.1, 0.15) is 18.0 Å². The number of benzene rings is 1. The molecule has 182 valence electrons. The number of halogens is 3. The molecule has 0 saturated heterocycles. The molecule has 4 rings (SSSR count). The number of nitrogens with two attached hydrogens (primary N) is 1. The van der Waals surface area contributed by atoms with Crippen molar-refractivity contribution in [3.05, 3.63) is 77.1 Å². The first-order valence-corrected chi connectivity index (χ1v) is 11.4. The van der Waals surface area contributed by atoms with Gasteiger partial charge in [-0.05, 0) is 48.4 Å². The van der Waals surface area contributed by atoms with Crippen LogP contribution in [0.25, 0.3) is 35.3 Å². The zero-order valence-electron chi connectivity index (χ0n) is 19.7. The van der Waals surface area contributed by atoms with Crippen molar-refractivity contribution < 1.29 is 8.78 Å². The standard InChI is InChI=1S/C23H20ClF2N7.C2H6/c1-14(21-29-13-32(31-21)23(25)26)5-10-19-15(2)33(17-8-6-16(12-24)7-9-17)22(30-19)18-4-3-11-28-20(18)27;1-2/h3-11,13,23H,2,12H2,1H3,(H2,27,28);1-2H3/b14-5+,19-10+;. The molecule has 3 heterocycles. The summed E-state index contributed by atoms with van der Waals surface area (Å²) in [5.41, 5.74) is 9.19. The van der Waals surface area contributed by atoms with E-state index in [1.165, 1.54) is 0 Å². The smallest absolute Gasteiger partial charge is 0.334 e. The predicted molar refractivity (Wildman–Crippen MR) is 136 cm³/mol.